The first-order valence-corrected chi connectivity index (χ1v) is 7.49. The van der Waals surface area contributed by atoms with Gasteiger partial charge in [-0.15, -0.1) is 11.3 Å². The minimum absolute atomic E-state index is 0.268. The number of thiophene rings is 1. The zero-order valence-electron chi connectivity index (χ0n) is 11.6. The number of hydrogen-bond acceptors (Lipinski definition) is 4. The predicted molar refractivity (Wildman–Crippen MR) is 81.0 cm³/mol. The molecule has 0 aliphatic carbocycles. The molecule has 0 radical (unpaired) electrons. The zero-order valence-corrected chi connectivity index (χ0v) is 13.2. The van der Waals surface area contributed by atoms with Crippen LogP contribution in [0.2, 0.25) is 5.02 Å². The van der Waals surface area contributed by atoms with Gasteiger partial charge in [-0.2, -0.15) is 0 Å². The number of rotatable bonds is 3. The molecule has 0 aromatic carbocycles. The molecule has 1 atom stereocenters. The van der Waals surface area contributed by atoms with Crippen LogP contribution in [0, 0.1) is 5.41 Å². The van der Waals surface area contributed by atoms with E-state index >= 15 is 0 Å². The Balaban J connectivity index is 2.37. The quantitative estimate of drug-likeness (QED) is 0.785. The second-order valence-corrected chi connectivity index (χ2v) is 6.83. The second-order valence-electron chi connectivity index (χ2n) is 5.45. The molecule has 3 nitrogen and oxygen atoms in total. The van der Waals surface area contributed by atoms with Gasteiger partial charge in [-0.05, 0) is 38.3 Å². The van der Waals surface area contributed by atoms with Gasteiger partial charge in [0.2, 0.25) is 0 Å². The van der Waals surface area contributed by atoms with E-state index in [1.54, 1.807) is 18.5 Å². The van der Waals surface area contributed by atoms with Gasteiger partial charge in [0.05, 0.1) is 10.4 Å². The predicted octanol–water partition coefficient (Wildman–Crippen LogP) is 4.48. The minimum Gasteiger partial charge on any atom is -0.451 e. The molecule has 0 fully saturated rings. The zero-order chi connectivity index (χ0) is 14.8. The standard InChI is InChI=1S/C15H16ClNO2S/c1-15(2,3)14(18)19-13(12-5-4-8-20-12)10-9-17-7-6-11(10)16/h4-9,13H,1-3H3. The van der Waals surface area contributed by atoms with Gasteiger partial charge in [-0.3, -0.25) is 9.78 Å². The molecule has 0 spiro atoms. The molecule has 2 rings (SSSR count). The molecular formula is C15H16ClNO2S. The third-order valence-electron chi connectivity index (χ3n) is 2.72. The van der Waals surface area contributed by atoms with Crippen LogP contribution in [0.1, 0.15) is 37.3 Å². The summed E-state index contributed by atoms with van der Waals surface area (Å²) in [6.07, 6.45) is 2.74. The fourth-order valence-corrected chi connectivity index (χ4v) is 2.56. The first-order valence-electron chi connectivity index (χ1n) is 6.23. The molecule has 0 N–H and O–H groups in total. The highest BCUT2D eigenvalue weighted by atomic mass is 35.5. The molecule has 2 aromatic heterocycles. The Morgan fingerprint density at radius 2 is 2.15 bits per heavy atom. The summed E-state index contributed by atoms with van der Waals surface area (Å²) in [6.45, 7) is 5.48. The third kappa shape index (κ3) is 3.38. The molecule has 20 heavy (non-hydrogen) atoms. The van der Waals surface area contributed by atoms with E-state index < -0.39 is 11.5 Å². The van der Waals surface area contributed by atoms with Gasteiger partial charge < -0.3 is 4.74 Å². The van der Waals surface area contributed by atoms with E-state index in [1.165, 1.54) is 11.3 Å². The van der Waals surface area contributed by atoms with Crippen LogP contribution in [0.5, 0.6) is 0 Å². The van der Waals surface area contributed by atoms with Crippen LogP contribution < -0.4 is 0 Å². The molecule has 106 valence electrons. The number of pyridine rings is 1. The van der Waals surface area contributed by atoms with E-state index in [9.17, 15) is 4.79 Å². The van der Waals surface area contributed by atoms with Crippen LogP contribution >= 0.6 is 22.9 Å². The van der Waals surface area contributed by atoms with Crippen LogP contribution in [0.25, 0.3) is 0 Å². The van der Waals surface area contributed by atoms with Gasteiger partial charge in [-0.25, -0.2) is 0 Å². The van der Waals surface area contributed by atoms with Gasteiger partial charge in [0.25, 0.3) is 0 Å². The maximum atomic E-state index is 12.2. The summed E-state index contributed by atoms with van der Waals surface area (Å²) in [5, 5.41) is 2.48. The van der Waals surface area contributed by atoms with Crippen molar-refractivity contribution in [1.82, 2.24) is 4.98 Å². The molecule has 1 unspecified atom stereocenters. The number of halogens is 1. The lowest BCUT2D eigenvalue weighted by Gasteiger charge is -2.23. The van der Waals surface area contributed by atoms with E-state index in [2.05, 4.69) is 4.98 Å². The molecule has 5 heteroatoms. The smallest absolute Gasteiger partial charge is 0.312 e. The van der Waals surface area contributed by atoms with E-state index in [4.69, 9.17) is 16.3 Å². The average molecular weight is 310 g/mol. The summed E-state index contributed by atoms with van der Waals surface area (Å²) in [6, 6.07) is 5.54. The summed E-state index contributed by atoms with van der Waals surface area (Å²) in [7, 11) is 0. The fourth-order valence-electron chi connectivity index (χ4n) is 1.58. The third-order valence-corrected chi connectivity index (χ3v) is 3.98. The van der Waals surface area contributed by atoms with Crippen molar-refractivity contribution < 1.29 is 9.53 Å². The molecule has 0 saturated carbocycles. The minimum atomic E-state index is -0.565. The average Bonchev–Trinajstić information content (AvgIpc) is 2.89. The van der Waals surface area contributed by atoms with Crippen LogP contribution in [0.3, 0.4) is 0 Å². The van der Waals surface area contributed by atoms with Gasteiger partial charge in [0, 0.05) is 22.8 Å². The lowest BCUT2D eigenvalue weighted by atomic mass is 9.97. The molecule has 0 aliphatic rings. The first kappa shape index (κ1) is 15.0. The van der Waals surface area contributed by atoms with Gasteiger partial charge in [-0.1, -0.05) is 17.7 Å². The van der Waals surface area contributed by atoms with E-state index in [-0.39, 0.29) is 5.97 Å². The van der Waals surface area contributed by atoms with Gasteiger partial charge in [0.15, 0.2) is 6.10 Å². The Kier molecular flexibility index (Phi) is 4.45. The summed E-state index contributed by atoms with van der Waals surface area (Å²) in [5.74, 6) is -0.268. The van der Waals surface area contributed by atoms with Crippen molar-refractivity contribution in [3.8, 4) is 0 Å². The second kappa shape index (κ2) is 5.94. The number of hydrogen-bond donors (Lipinski definition) is 0. The van der Waals surface area contributed by atoms with Crippen molar-refractivity contribution in [2.24, 2.45) is 5.41 Å². The highest BCUT2D eigenvalue weighted by Gasteiger charge is 2.29. The Bertz CT molecular complexity index is 590. The molecule has 0 bridgehead atoms. The molecule has 0 amide bonds. The Labute approximate surface area is 127 Å². The van der Waals surface area contributed by atoms with Crippen molar-refractivity contribution in [3.63, 3.8) is 0 Å². The SMILES string of the molecule is CC(C)(C)C(=O)OC(c1cccs1)c1cnccc1Cl. The highest BCUT2D eigenvalue weighted by molar-refractivity contribution is 7.10. The summed E-state index contributed by atoms with van der Waals surface area (Å²) >= 11 is 7.73. The number of esters is 1. The first-order chi connectivity index (χ1) is 9.39. The van der Waals surface area contributed by atoms with Crippen molar-refractivity contribution in [2.75, 3.05) is 0 Å². The lowest BCUT2D eigenvalue weighted by Crippen LogP contribution is -2.25. The number of ether oxygens (including phenoxy) is 1. The molecule has 0 saturated heterocycles. The number of carbonyl (C=O) groups excluding carboxylic acids is 1. The fraction of sp³-hybridized carbons (Fsp3) is 0.333. The summed E-state index contributed by atoms with van der Waals surface area (Å²) < 4.78 is 5.67. The summed E-state index contributed by atoms with van der Waals surface area (Å²) in [4.78, 5) is 17.2. The van der Waals surface area contributed by atoms with E-state index in [1.807, 2.05) is 38.3 Å². The molecule has 0 aliphatic heterocycles. The molecule has 2 aromatic rings. The lowest BCUT2D eigenvalue weighted by molar-refractivity contribution is -0.156. The Morgan fingerprint density at radius 3 is 2.70 bits per heavy atom. The molecule has 2 heterocycles. The van der Waals surface area contributed by atoms with Crippen molar-refractivity contribution in [1.29, 1.82) is 0 Å². The van der Waals surface area contributed by atoms with Crippen LogP contribution in [0.15, 0.2) is 36.0 Å². The molecular weight excluding hydrogens is 294 g/mol. The van der Waals surface area contributed by atoms with Gasteiger partial charge >= 0.3 is 5.97 Å². The normalized spacial score (nSPS) is 13.0. The maximum absolute atomic E-state index is 12.2. The largest absolute Gasteiger partial charge is 0.451 e. The van der Waals surface area contributed by atoms with Crippen molar-refractivity contribution in [3.05, 3.63) is 51.4 Å². The van der Waals surface area contributed by atoms with E-state index in [0.29, 0.717) is 10.6 Å². The number of nitrogens with zero attached hydrogens (tertiary/aromatic N) is 1. The van der Waals surface area contributed by atoms with E-state index in [0.717, 1.165) is 4.88 Å². The van der Waals surface area contributed by atoms with Gasteiger partial charge in [0.1, 0.15) is 0 Å². The topological polar surface area (TPSA) is 39.2 Å². The maximum Gasteiger partial charge on any atom is 0.312 e. The number of carbonyl (C=O) groups is 1. The Hall–Kier alpha value is -1.39. The highest BCUT2D eigenvalue weighted by Crippen LogP contribution is 2.35. The van der Waals surface area contributed by atoms with Crippen LogP contribution in [0.4, 0.5) is 0 Å². The summed E-state index contributed by atoms with van der Waals surface area (Å²) in [5.41, 5.74) is 0.138. The van der Waals surface area contributed by atoms with Crippen LogP contribution in [-0.2, 0) is 9.53 Å². The Morgan fingerprint density at radius 1 is 1.40 bits per heavy atom. The number of aromatic nitrogens is 1. The monoisotopic (exact) mass is 309 g/mol. The van der Waals surface area contributed by atoms with Crippen molar-refractivity contribution >= 4 is 28.9 Å². The van der Waals surface area contributed by atoms with Crippen molar-refractivity contribution in [2.45, 2.75) is 26.9 Å². The van der Waals surface area contributed by atoms with Crippen LogP contribution in [-0.4, -0.2) is 11.0 Å².